The molecule has 0 unspecified atom stereocenters. The van der Waals surface area contributed by atoms with E-state index in [1.54, 1.807) is 0 Å². The van der Waals surface area contributed by atoms with E-state index in [1.807, 2.05) is 0 Å². The molecule has 106 valence electrons. The van der Waals surface area contributed by atoms with E-state index < -0.39 is 5.97 Å². The number of rotatable bonds is 12. The Kier molecular flexibility index (Phi) is 19.1. The average Bonchev–Trinajstić information content (AvgIpc) is 2.34. The van der Waals surface area contributed by atoms with Gasteiger partial charge in [0.1, 0.15) is 6.54 Å². The van der Waals surface area contributed by atoms with Crippen molar-refractivity contribution in [3.8, 4) is 0 Å². The van der Waals surface area contributed by atoms with E-state index in [0.29, 0.717) is 6.42 Å². The molecule has 0 radical (unpaired) electrons. The normalized spacial score (nSPS) is 9.74. The molecule has 0 heterocycles. The Morgan fingerprint density at radius 3 is 1.84 bits per heavy atom. The number of carbonyl (C=O) groups is 2. The van der Waals surface area contributed by atoms with Gasteiger partial charge in [-0.2, -0.15) is 0 Å². The zero-order valence-electron chi connectivity index (χ0n) is 12.5. The van der Waals surface area contributed by atoms with Crippen molar-refractivity contribution < 1.29 is 66.1 Å². The number of hydrogen-bond donors (Lipinski definition) is 2. The van der Waals surface area contributed by atoms with Gasteiger partial charge in [0.2, 0.25) is 5.91 Å². The summed E-state index contributed by atoms with van der Waals surface area (Å²) in [5.41, 5.74) is 0. The fourth-order valence-electron chi connectivity index (χ4n) is 1.86. The molecule has 19 heavy (non-hydrogen) atoms. The molecule has 0 saturated carbocycles. The first kappa shape index (κ1) is 21.9. The van der Waals surface area contributed by atoms with Crippen LogP contribution in [0.25, 0.3) is 0 Å². The van der Waals surface area contributed by atoms with Crippen LogP contribution in [0.15, 0.2) is 0 Å². The van der Waals surface area contributed by atoms with Crippen molar-refractivity contribution in [1.82, 2.24) is 5.32 Å². The second-order valence-corrected chi connectivity index (χ2v) is 4.75. The predicted molar refractivity (Wildman–Crippen MR) is 72.5 cm³/mol. The standard InChI is InChI=1S/C14H27NO3.K/c1-2-3-4-5-6-7-8-9-10-11-13(16)15-12-14(17)18;/h2-12H2,1H3,(H,15,16)(H,17,18);/q;+1. The summed E-state index contributed by atoms with van der Waals surface area (Å²) in [6, 6.07) is 0. The Hall–Kier alpha value is 0.576. The van der Waals surface area contributed by atoms with Crippen molar-refractivity contribution in [2.24, 2.45) is 0 Å². The topological polar surface area (TPSA) is 66.4 Å². The van der Waals surface area contributed by atoms with Gasteiger partial charge < -0.3 is 10.4 Å². The van der Waals surface area contributed by atoms with Crippen LogP contribution < -0.4 is 56.7 Å². The molecule has 0 aromatic rings. The second kappa shape index (κ2) is 16.6. The number of nitrogens with one attached hydrogen (secondary N) is 1. The van der Waals surface area contributed by atoms with Gasteiger partial charge in [0.05, 0.1) is 0 Å². The molecule has 0 rings (SSSR count). The molecular weight excluding hydrogens is 269 g/mol. The fourth-order valence-corrected chi connectivity index (χ4v) is 1.86. The number of hydrogen-bond acceptors (Lipinski definition) is 2. The Bertz CT molecular complexity index is 235. The minimum absolute atomic E-state index is 0. The molecule has 4 nitrogen and oxygen atoms in total. The number of carboxylic acids is 1. The molecule has 0 atom stereocenters. The van der Waals surface area contributed by atoms with Crippen LogP contribution in [-0.4, -0.2) is 23.5 Å². The van der Waals surface area contributed by atoms with Crippen LogP contribution in [0, 0.1) is 0 Å². The van der Waals surface area contributed by atoms with E-state index >= 15 is 0 Å². The van der Waals surface area contributed by atoms with Gasteiger partial charge in [-0.1, -0.05) is 58.3 Å². The summed E-state index contributed by atoms with van der Waals surface area (Å²) in [6.45, 7) is 1.95. The van der Waals surface area contributed by atoms with Crippen molar-refractivity contribution in [1.29, 1.82) is 0 Å². The minimum atomic E-state index is -0.990. The Morgan fingerprint density at radius 1 is 0.895 bits per heavy atom. The quantitative estimate of drug-likeness (QED) is 0.397. The fraction of sp³-hybridized carbons (Fsp3) is 0.857. The zero-order valence-corrected chi connectivity index (χ0v) is 15.7. The molecule has 0 fully saturated rings. The van der Waals surface area contributed by atoms with E-state index in [0.717, 1.165) is 12.8 Å². The summed E-state index contributed by atoms with van der Waals surface area (Å²) in [7, 11) is 0. The van der Waals surface area contributed by atoms with Crippen LogP contribution >= 0.6 is 0 Å². The summed E-state index contributed by atoms with van der Waals surface area (Å²) in [5, 5.41) is 10.7. The van der Waals surface area contributed by atoms with E-state index in [1.165, 1.54) is 44.9 Å². The van der Waals surface area contributed by atoms with Gasteiger partial charge in [0.15, 0.2) is 0 Å². The first-order valence-electron chi connectivity index (χ1n) is 7.15. The Labute approximate surface area is 159 Å². The average molecular weight is 296 g/mol. The molecule has 0 spiro atoms. The number of unbranched alkanes of at least 4 members (excludes halogenated alkanes) is 8. The van der Waals surface area contributed by atoms with Gasteiger partial charge in [0.25, 0.3) is 0 Å². The summed E-state index contributed by atoms with van der Waals surface area (Å²) in [5.74, 6) is -1.14. The summed E-state index contributed by atoms with van der Waals surface area (Å²) >= 11 is 0. The molecule has 5 heteroatoms. The van der Waals surface area contributed by atoms with Crippen LogP contribution in [0.5, 0.6) is 0 Å². The summed E-state index contributed by atoms with van der Waals surface area (Å²) < 4.78 is 0. The van der Waals surface area contributed by atoms with E-state index in [2.05, 4.69) is 12.2 Å². The molecule has 0 aliphatic carbocycles. The van der Waals surface area contributed by atoms with Gasteiger partial charge >= 0.3 is 57.4 Å². The molecule has 0 aliphatic rings. The molecule has 0 aliphatic heterocycles. The van der Waals surface area contributed by atoms with Crippen molar-refractivity contribution >= 4 is 11.9 Å². The maximum absolute atomic E-state index is 11.2. The zero-order chi connectivity index (χ0) is 13.6. The minimum Gasteiger partial charge on any atom is -0.480 e. The third kappa shape index (κ3) is 18.6. The number of carbonyl (C=O) groups excluding carboxylic acids is 1. The van der Waals surface area contributed by atoms with Crippen LogP contribution in [0.2, 0.25) is 0 Å². The molecule has 2 N–H and O–H groups in total. The molecule has 1 amide bonds. The van der Waals surface area contributed by atoms with Gasteiger partial charge in [-0.15, -0.1) is 0 Å². The first-order valence-corrected chi connectivity index (χ1v) is 7.15. The Morgan fingerprint density at radius 2 is 1.37 bits per heavy atom. The van der Waals surface area contributed by atoms with Gasteiger partial charge in [0, 0.05) is 6.42 Å². The second-order valence-electron chi connectivity index (χ2n) is 4.75. The molecular formula is C14H27KNO3+. The van der Waals surface area contributed by atoms with Crippen molar-refractivity contribution in [3.63, 3.8) is 0 Å². The maximum atomic E-state index is 11.2. The largest absolute Gasteiger partial charge is 1.00 e. The first-order chi connectivity index (χ1) is 8.66. The third-order valence-corrected chi connectivity index (χ3v) is 2.94. The van der Waals surface area contributed by atoms with Crippen molar-refractivity contribution in [2.45, 2.75) is 71.1 Å². The molecule has 0 saturated heterocycles. The van der Waals surface area contributed by atoms with Gasteiger partial charge in [-0.05, 0) is 6.42 Å². The van der Waals surface area contributed by atoms with Crippen LogP contribution in [0.3, 0.4) is 0 Å². The van der Waals surface area contributed by atoms with E-state index in [-0.39, 0.29) is 63.8 Å². The maximum Gasteiger partial charge on any atom is 1.00 e. The molecule has 0 aromatic heterocycles. The van der Waals surface area contributed by atoms with Crippen molar-refractivity contribution in [2.75, 3.05) is 6.54 Å². The third-order valence-electron chi connectivity index (χ3n) is 2.94. The molecule has 0 aromatic carbocycles. The van der Waals surface area contributed by atoms with Crippen LogP contribution in [0.4, 0.5) is 0 Å². The SMILES string of the molecule is CCCCCCCCCCCC(=O)NCC(=O)O.[K+]. The van der Waals surface area contributed by atoms with Crippen LogP contribution in [-0.2, 0) is 9.59 Å². The van der Waals surface area contributed by atoms with Gasteiger partial charge in [-0.25, -0.2) is 0 Å². The van der Waals surface area contributed by atoms with E-state index in [4.69, 9.17) is 5.11 Å². The summed E-state index contributed by atoms with van der Waals surface area (Å²) in [4.78, 5) is 21.4. The number of carboxylic acid groups (broad SMARTS) is 1. The Balaban J connectivity index is 0. The molecule has 0 bridgehead atoms. The smallest absolute Gasteiger partial charge is 0.480 e. The number of aliphatic carboxylic acids is 1. The predicted octanol–water partition coefficient (Wildman–Crippen LogP) is 0.112. The summed E-state index contributed by atoms with van der Waals surface area (Å²) in [6.07, 6.45) is 11.4. The van der Waals surface area contributed by atoms with Gasteiger partial charge in [-0.3, -0.25) is 9.59 Å². The van der Waals surface area contributed by atoms with E-state index in [9.17, 15) is 9.59 Å². The van der Waals surface area contributed by atoms with Crippen LogP contribution in [0.1, 0.15) is 71.1 Å². The monoisotopic (exact) mass is 296 g/mol. The van der Waals surface area contributed by atoms with Crippen molar-refractivity contribution in [3.05, 3.63) is 0 Å². The number of amides is 1.